The molecule has 1 N–H and O–H groups in total. The van der Waals surface area contributed by atoms with Crippen molar-refractivity contribution in [2.45, 2.75) is 39.0 Å². The predicted octanol–water partition coefficient (Wildman–Crippen LogP) is 2.66. The molecular weight excluding hydrogens is 278 g/mol. The van der Waals surface area contributed by atoms with E-state index in [9.17, 15) is 0 Å². The highest BCUT2D eigenvalue weighted by atomic mass is 35.5. The van der Waals surface area contributed by atoms with E-state index in [1.54, 1.807) is 6.92 Å². The second kappa shape index (κ2) is 5.36. The number of aromatic nitrogens is 4. The van der Waals surface area contributed by atoms with Crippen LogP contribution < -0.4 is 5.32 Å². The number of anilines is 1. The van der Waals surface area contributed by atoms with Crippen molar-refractivity contribution in [3.63, 3.8) is 0 Å². The third-order valence-electron chi connectivity index (χ3n) is 3.26. The summed E-state index contributed by atoms with van der Waals surface area (Å²) in [5.41, 5.74) is 0.875. The predicted molar refractivity (Wildman–Crippen MR) is 75.0 cm³/mol. The zero-order valence-electron chi connectivity index (χ0n) is 11.5. The first-order chi connectivity index (χ1) is 9.63. The lowest BCUT2D eigenvalue weighted by atomic mass is 10.3. The van der Waals surface area contributed by atoms with Gasteiger partial charge < -0.3 is 9.84 Å². The normalized spacial score (nSPS) is 14.6. The number of hydrogen-bond donors (Lipinski definition) is 1. The third-order valence-corrected chi connectivity index (χ3v) is 3.62. The van der Waals surface area contributed by atoms with Crippen LogP contribution in [0.5, 0.6) is 0 Å². The van der Waals surface area contributed by atoms with Crippen molar-refractivity contribution < 1.29 is 4.52 Å². The molecule has 0 aromatic carbocycles. The van der Waals surface area contributed by atoms with Crippen molar-refractivity contribution in [2.24, 2.45) is 0 Å². The molecule has 1 saturated carbocycles. The molecule has 0 atom stereocenters. The maximum Gasteiger partial charge on any atom is 0.223 e. The van der Waals surface area contributed by atoms with Gasteiger partial charge in [-0.15, -0.1) is 0 Å². The monoisotopic (exact) mass is 293 g/mol. The van der Waals surface area contributed by atoms with Gasteiger partial charge in [0.1, 0.15) is 16.8 Å². The van der Waals surface area contributed by atoms with Gasteiger partial charge in [-0.05, 0) is 19.8 Å². The summed E-state index contributed by atoms with van der Waals surface area (Å²) >= 11 is 6.16. The van der Waals surface area contributed by atoms with Crippen LogP contribution in [0.2, 0.25) is 5.15 Å². The van der Waals surface area contributed by atoms with Gasteiger partial charge in [0.25, 0.3) is 0 Å². The molecule has 3 rings (SSSR count). The van der Waals surface area contributed by atoms with Crippen LogP contribution in [-0.2, 0) is 6.42 Å². The first-order valence-corrected chi connectivity index (χ1v) is 7.08. The smallest absolute Gasteiger partial charge is 0.223 e. The average Bonchev–Trinajstić information content (AvgIpc) is 3.18. The Kier molecular flexibility index (Phi) is 3.56. The molecule has 0 saturated heterocycles. The lowest BCUT2D eigenvalue weighted by molar-refractivity contribution is 0.387. The van der Waals surface area contributed by atoms with Crippen LogP contribution in [0, 0.1) is 13.8 Å². The van der Waals surface area contributed by atoms with E-state index in [0.717, 1.165) is 30.0 Å². The Bertz CT molecular complexity index is 623. The molecule has 0 aliphatic heterocycles. The van der Waals surface area contributed by atoms with Crippen molar-refractivity contribution in [2.75, 3.05) is 11.9 Å². The minimum absolute atomic E-state index is 0.480. The Balaban J connectivity index is 1.67. The number of nitrogens with zero attached hydrogens (tertiary/aromatic N) is 4. The quantitative estimate of drug-likeness (QED) is 0.854. The standard InChI is InChI=1S/C13H16ClN5O/c1-7-11(14)17-13(9-3-4-9)18-12(7)15-6-5-10-16-8(2)20-19-10/h9H,3-6H2,1-2H3,(H,15,17,18). The first kappa shape index (κ1) is 13.3. The molecule has 2 aromatic rings. The summed E-state index contributed by atoms with van der Waals surface area (Å²) in [5, 5.41) is 7.66. The second-order valence-corrected chi connectivity index (χ2v) is 5.38. The largest absolute Gasteiger partial charge is 0.369 e. The molecule has 1 fully saturated rings. The highest BCUT2D eigenvalue weighted by Gasteiger charge is 2.27. The van der Waals surface area contributed by atoms with Crippen LogP contribution in [0.15, 0.2) is 4.52 Å². The zero-order valence-corrected chi connectivity index (χ0v) is 12.2. The average molecular weight is 294 g/mol. The van der Waals surface area contributed by atoms with E-state index in [1.165, 1.54) is 0 Å². The Labute approximate surface area is 122 Å². The fraction of sp³-hybridized carbons (Fsp3) is 0.538. The Morgan fingerprint density at radius 1 is 1.25 bits per heavy atom. The van der Waals surface area contributed by atoms with Gasteiger partial charge in [0.2, 0.25) is 5.89 Å². The van der Waals surface area contributed by atoms with Crippen LogP contribution in [0.1, 0.15) is 41.9 Å². The van der Waals surface area contributed by atoms with E-state index in [4.69, 9.17) is 16.1 Å². The highest BCUT2D eigenvalue weighted by Crippen LogP contribution is 2.39. The molecule has 0 spiro atoms. The van der Waals surface area contributed by atoms with Crippen LogP contribution in [0.25, 0.3) is 0 Å². The summed E-state index contributed by atoms with van der Waals surface area (Å²) in [6.07, 6.45) is 2.99. The molecule has 0 unspecified atom stereocenters. The Hall–Kier alpha value is -1.69. The number of hydrogen-bond acceptors (Lipinski definition) is 6. The van der Waals surface area contributed by atoms with E-state index in [0.29, 0.717) is 35.8 Å². The van der Waals surface area contributed by atoms with E-state index in [2.05, 4.69) is 25.4 Å². The summed E-state index contributed by atoms with van der Waals surface area (Å²) in [4.78, 5) is 13.1. The van der Waals surface area contributed by atoms with Gasteiger partial charge in [0, 0.05) is 31.4 Å². The lowest BCUT2D eigenvalue weighted by Gasteiger charge is -2.10. The third kappa shape index (κ3) is 2.90. The van der Waals surface area contributed by atoms with Gasteiger partial charge in [-0.3, -0.25) is 0 Å². The SMILES string of the molecule is Cc1nc(CCNc2nc(C3CC3)nc(Cl)c2C)no1. The highest BCUT2D eigenvalue weighted by molar-refractivity contribution is 6.30. The molecule has 2 aromatic heterocycles. The molecule has 1 aliphatic rings. The van der Waals surface area contributed by atoms with Crippen molar-refractivity contribution in [1.82, 2.24) is 20.1 Å². The van der Waals surface area contributed by atoms with Crippen molar-refractivity contribution >= 4 is 17.4 Å². The Morgan fingerprint density at radius 3 is 2.70 bits per heavy atom. The van der Waals surface area contributed by atoms with Crippen LogP contribution in [0.4, 0.5) is 5.82 Å². The fourth-order valence-corrected chi connectivity index (χ4v) is 2.11. The summed E-state index contributed by atoms with van der Waals surface area (Å²) in [6.45, 7) is 4.37. The number of nitrogens with one attached hydrogen (secondary N) is 1. The zero-order chi connectivity index (χ0) is 14.1. The molecule has 1 aliphatic carbocycles. The molecule has 0 bridgehead atoms. The maximum atomic E-state index is 6.16. The molecule has 106 valence electrons. The lowest BCUT2D eigenvalue weighted by Crippen LogP contribution is -2.10. The first-order valence-electron chi connectivity index (χ1n) is 6.70. The summed E-state index contributed by atoms with van der Waals surface area (Å²) < 4.78 is 4.93. The topological polar surface area (TPSA) is 76.7 Å². The van der Waals surface area contributed by atoms with E-state index >= 15 is 0 Å². The van der Waals surface area contributed by atoms with Crippen LogP contribution in [-0.4, -0.2) is 26.7 Å². The van der Waals surface area contributed by atoms with Crippen molar-refractivity contribution in [3.8, 4) is 0 Å². The van der Waals surface area contributed by atoms with Gasteiger partial charge in [0.15, 0.2) is 5.82 Å². The number of halogens is 1. The van der Waals surface area contributed by atoms with Crippen molar-refractivity contribution in [3.05, 3.63) is 28.3 Å². The second-order valence-electron chi connectivity index (χ2n) is 5.03. The van der Waals surface area contributed by atoms with Gasteiger partial charge >= 0.3 is 0 Å². The van der Waals surface area contributed by atoms with E-state index < -0.39 is 0 Å². The van der Waals surface area contributed by atoms with E-state index in [1.807, 2.05) is 6.92 Å². The van der Waals surface area contributed by atoms with Gasteiger partial charge in [-0.25, -0.2) is 9.97 Å². The van der Waals surface area contributed by atoms with Crippen LogP contribution >= 0.6 is 11.6 Å². The minimum Gasteiger partial charge on any atom is -0.369 e. The molecular formula is C13H16ClN5O. The van der Waals surface area contributed by atoms with Crippen LogP contribution in [0.3, 0.4) is 0 Å². The summed E-state index contributed by atoms with van der Waals surface area (Å²) in [5.74, 6) is 3.40. The molecule has 20 heavy (non-hydrogen) atoms. The Morgan fingerprint density at radius 2 is 2.05 bits per heavy atom. The molecule has 7 heteroatoms. The van der Waals surface area contributed by atoms with Gasteiger partial charge in [-0.2, -0.15) is 4.98 Å². The molecule has 0 radical (unpaired) electrons. The van der Waals surface area contributed by atoms with E-state index in [-0.39, 0.29) is 0 Å². The summed E-state index contributed by atoms with van der Waals surface area (Å²) in [7, 11) is 0. The molecule has 0 amide bonds. The van der Waals surface area contributed by atoms with Gasteiger partial charge in [-0.1, -0.05) is 16.8 Å². The molecule has 6 nitrogen and oxygen atoms in total. The maximum absolute atomic E-state index is 6.16. The van der Waals surface area contributed by atoms with Crippen molar-refractivity contribution in [1.29, 1.82) is 0 Å². The number of rotatable bonds is 5. The minimum atomic E-state index is 0.480. The van der Waals surface area contributed by atoms with Gasteiger partial charge in [0.05, 0.1) is 0 Å². The summed E-state index contributed by atoms with van der Waals surface area (Å²) in [6, 6.07) is 0. The molecule has 2 heterocycles. The number of aryl methyl sites for hydroxylation is 1. The fourth-order valence-electron chi connectivity index (χ4n) is 1.94.